The Bertz CT molecular complexity index is 595. The van der Waals surface area contributed by atoms with E-state index in [1.807, 2.05) is 36.4 Å². The fourth-order valence-electron chi connectivity index (χ4n) is 2.67. The summed E-state index contributed by atoms with van der Waals surface area (Å²) >= 11 is 0. The normalized spacial score (nSPS) is 21.2. The Morgan fingerprint density at radius 3 is 2.48 bits per heavy atom. The molecule has 1 amide bonds. The molecule has 25 heavy (non-hydrogen) atoms. The molecular formula is C20H31NO3Si. The standard InChI is InChI=1S/C20H31NO3Si/c1-7-17-13-21(14-18(17)24-25(5,6)20(2,3)4)19(22)23-15-16-11-9-8-10-12-16/h7-12,17-18H,1,13-15H2,2-6H3/t17-,18-/m1/s1. The minimum absolute atomic E-state index is 0.00247. The highest BCUT2D eigenvalue weighted by Gasteiger charge is 2.43. The average Bonchev–Trinajstić information content (AvgIpc) is 2.95. The summed E-state index contributed by atoms with van der Waals surface area (Å²) in [5, 5.41) is 0.139. The van der Waals surface area contributed by atoms with E-state index in [1.165, 1.54) is 0 Å². The number of hydrogen-bond acceptors (Lipinski definition) is 3. The topological polar surface area (TPSA) is 38.8 Å². The Balaban J connectivity index is 1.95. The number of hydrogen-bond donors (Lipinski definition) is 0. The summed E-state index contributed by atoms with van der Waals surface area (Å²) in [5.41, 5.74) is 0.990. The summed E-state index contributed by atoms with van der Waals surface area (Å²) in [6.07, 6.45) is 1.63. The van der Waals surface area contributed by atoms with E-state index >= 15 is 0 Å². The number of rotatable bonds is 5. The Hall–Kier alpha value is -1.59. The van der Waals surface area contributed by atoms with Gasteiger partial charge in [-0.15, -0.1) is 6.58 Å². The zero-order valence-electron chi connectivity index (χ0n) is 16.1. The Morgan fingerprint density at radius 2 is 1.92 bits per heavy atom. The summed E-state index contributed by atoms with van der Waals surface area (Å²) in [7, 11) is -1.89. The van der Waals surface area contributed by atoms with Crippen molar-refractivity contribution < 1.29 is 14.0 Å². The predicted molar refractivity (Wildman–Crippen MR) is 104 cm³/mol. The highest BCUT2D eigenvalue weighted by molar-refractivity contribution is 6.74. The molecule has 5 heteroatoms. The first-order chi connectivity index (χ1) is 11.6. The van der Waals surface area contributed by atoms with Gasteiger partial charge in [0.15, 0.2) is 8.32 Å². The van der Waals surface area contributed by atoms with Crippen LogP contribution in [0.25, 0.3) is 0 Å². The number of nitrogens with zero attached hydrogens (tertiary/aromatic N) is 1. The second kappa shape index (κ2) is 7.75. The molecule has 1 fully saturated rings. The maximum absolute atomic E-state index is 12.4. The third kappa shape index (κ3) is 4.95. The zero-order chi connectivity index (χ0) is 18.7. The van der Waals surface area contributed by atoms with Gasteiger partial charge in [0.2, 0.25) is 0 Å². The molecule has 0 bridgehead atoms. The number of ether oxygens (including phenoxy) is 1. The lowest BCUT2D eigenvalue weighted by molar-refractivity contribution is 0.0979. The van der Waals surface area contributed by atoms with Crippen LogP contribution in [0.4, 0.5) is 4.79 Å². The van der Waals surface area contributed by atoms with Crippen molar-refractivity contribution in [1.29, 1.82) is 0 Å². The number of carbonyl (C=O) groups is 1. The van der Waals surface area contributed by atoms with E-state index in [4.69, 9.17) is 9.16 Å². The van der Waals surface area contributed by atoms with Crippen molar-refractivity contribution in [1.82, 2.24) is 4.90 Å². The van der Waals surface area contributed by atoms with Crippen LogP contribution in [0.15, 0.2) is 43.0 Å². The molecule has 1 aliphatic rings. The first kappa shape index (κ1) is 19.7. The molecule has 0 N–H and O–H groups in total. The molecule has 138 valence electrons. The van der Waals surface area contributed by atoms with Crippen molar-refractivity contribution in [3.8, 4) is 0 Å². The molecule has 0 spiro atoms. The third-order valence-electron chi connectivity index (χ3n) is 5.33. The lowest BCUT2D eigenvalue weighted by Gasteiger charge is -2.39. The van der Waals surface area contributed by atoms with Crippen LogP contribution in [0.2, 0.25) is 18.1 Å². The lowest BCUT2D eigenvalue weighted by Crippen LogP contribution is -2.46. The van der Waals surface area contributed by atoms with E-state index in [2.05, 4.69) is 40.4 Å². The van der Waals surface area contributed by atoms with Gasteiger partial charge in [-0.1, -0.05) is 57.2 Å². The number of amides is 1. The minimum Gasteiger partial charge on any atom is -0.445 e. The molecule has 1 saturated heterocycles. The van der Waals surface area contributed by atoms with Gasteiger partial charge in [0.25, 0.3) is 0 Å². The smallest absolute Gasteiger partial charge is 0.410 e. The van der Waals surface area contributed by atoms with E-state index < -0.39 is 8.32 Å². The van der Waals surface area contributed by atoms with Crippen LogP contribution >= 0.6 is 0 Å². The summed E-state index contributed by atoms with van der Waals surface area (Å²) in [4.78, 5) is 14.2. The zero-order valence-corrected chi connectivity index (χ0v) is 17.1. The van der Waals surface area contributed by atoms with Crippen LogP contribution in [0.1, 0.15) is 26.3 Å². The van der Waals surface area contributed by atoms with Gasteiger partial charge in [-0.3, -0.25) is 0 Å². The Kier molecular flexibility index (Phi) is 6.11. The van der Waals surface area contributed by atoms with E-state index in [0.29, 0.717) is 19.7 Å². The highest BCUT2D eigenvalue weighted by Crippen LogP contribution is 2.39. The molecule has 0 unspecified atom stereocenters. The van der Waals surface area contributed by atoms with Crippen molar-refractivity contribution in [3.63, 3.8) is 0 Å². The Morgan fingerprint density at radius 1 is 1.28 bits per heavy atom. The molecule has 1 heterocycles. The van der Waals surface area contributed by atoms with Crippen molar-refractivity contribution >= 4 is 14.4 Å². The van der Waals surface area contributed by atoms with Gasteiger partial charge in [0.1, 0.15) is 6.61 Å². The molecule has 1 aliphatic heterocycles. The quantitative estimate of drug-likeness (QED) is 0.557. The van der Waals surface area contributed by atoms with Crippen LogP contribution in [0, 0.1) is 5.92 Å². The van der Waals surface area contributed by atoms with E-state index in [-0.39, 0.29) is 23.2 Å². The van der Waals surface area contributed by atoms with Gasteiger partial charge in [0, 0.05) is 19.0 Å². The molecular weight excluding hydrogens is 330 g/mol. The molecule has 4 nitrogen and oxygen atoms in total. The Labute approximate surface area is 152 Å². The average molecular weight is 362 g/mol. The van der Waals surface area contributed by atoms with Crippen LogP contribution in [-0.4, -0.2) is 38.5 Å². The molecule has 0 aliphatic carbocycles. The van der Waals surface area contributed by atoms with E-state index in [0.717, 1.165) is 5.56 Å². The van der Waals surface area contributed by atoms with Gasteiger partial charge in [0.05, 0.1) is 6.10 Å². The predicted octanol–water partition coefficient (Wildman–Crippen LogP) is 4.83. The fraction of sp³-hybridized carbons (Fsp3) is 0.550. The van der Waals surface area contributed by atoms with Crippen LogP contribution < -0.4 is 0 Å². The molecule has 0 saturated carbocycles. The van der Waals surface area contributed by atoms with Crippen molar-refractivity contribution in [2.75, 3.05) is 13.1 Å². The van der Waals surface area contributed by atoms with Gasteiger partial charge in [-0.05, 0) is 23.7 Å². The van der Waals surface area contributed by atoms with Crippen LogP contribution in [-0.2, 0) is 15.8 Å². The van der Waals surface area contributed by atoms with Crippen molar-refractivity contribution in [3.05, 3.63) is 48.6 Å². The number of benzene rings is 1. The summed E-state index contributed by atoms with van der Waals surface area (Å²) < 4.78 is 12.0. The summed E-state index contributed by atoms with van der Waals surface area (Å²) in [6.45, 7) is 16.6. The highest BCUT2D eigenvalue weighted by atomic mass is 28.4. The van der Waals surface area contributed by atoms with Crippen LogP contribution in [0.3, 0.4) is 0 Å². The molecule has 1 aromatic rings. The summed E-state index contributed by atoms with van der Waals surface area (Å²) in [5.74, 6) is 0.151. The SMILES string of the molecule is C=C[C@@H]1CN(C(=O)OCc2ccccc2)C[C@H]1O[Si](C)(C)C(C)(C)C. The summed E-state index contributed by atoms with van der Waals surface area (Å²) in [6, 6.07) is 9.73. The maximum atomic E-state index is 12.4. The first-order valence-corrected chi connectivity index (χ1v) is 11.8. The number of likely N-dealkylation sites (tertiary alicyclic amines) is 1. The van der Waals surface area contributed by atoms with Gasteiger partial charge in [-0.2, -0.15) is 0 Å². The van der Waals surface area contributed by atoms with Crippen LogP contribution in [0.5, 0.6) is 0 Å². The molecule has 2 atom stereocenters. The fourth-order valence-corrected chi connectivity index (χ4v) is 4.02. The largest absolute Gasteiger partial charge is 0.445 e. The minimum atomic E-state index is -1.89. The molecule has 1 aromatic carbocycles. The second-order valence-electron chi connectivity index (χ2n) is 8.26. The van der Waals surface area contributed by atoms with Crippen molar-refractivity contribution in [2.45, 2.75) is 51.6 Å². The monoisotopic (exact) mass is 361 g/mol. The molecule has 0 aromatic heterocycles. The lowest BCUT2D eigenvalue weighted by atomic mass is 10.1. The second-order valence-corrected chi connectivity index (χ2v) is 13.0. The number of carbonyl (C=O) groups excluding carboxylic acids is 1. The maximum Gasteiger partial charge on any atom is 0.410 e. The first-order valence-electron chi connectivity index (χ1n) is 8.90. The van der Waals surface area contributed by atoms with Crippen molar-refractivity contribution in [2.24, 2.45) is 5.92 Å². The van der Waals surface area contributed by atoms with Gasteiger partial charge in [-0.25, -0.2) is 4.79 Å². The molecule has 0 radical (unpaired) electrons. The van der Waals surface area contributed by atoms with Gasteiger partial charge >= 0.3 is 6.09 Å². The third-order valence-corrected chi connectivity index (χ3v) is 9.83. The van der Waals surface area contributed by atoms with E-state index in [9.17, 15) is 4.79 Å². The van der Waals surface area contributed by atoms with E-state index in [1.54, 1.807) is 4.90 Å². The molecule has 2 rings (SSSR count). The van der Waals surface area contributed by atoms with Gasteiger partial charge < -0.3 is 14.1 Å².